The molecule has 3 heterocycles. The summed E-state index contributed by atoms with van der Waals surface area (Å²) in [6, 6.07) is 2.00. The molecule has 126 valence electrons. The Bertz CT molecular complexity index is 699. The van der Waals surface area contributed by atoms with E-state index < -0.39 is 5.97 Å². The summed E-state index contributed by atoms with van der Waals surface area (Å²) in [4.78, 5) is 30.9. The van der Waals surface area contributed by atoms with Crippen LogP contribution >= 0.6 is 0 Å². The first kappa shape index (κ1) is 16.3. The van der Waals surface area contributed by atoms with Crippen molar-refractivity contribution in [3.8, 4) is 11.5 Å². The van der Waals surface area contributed by atoms with E-state index in [-0.39, 0.29) is 5.92 Å². The Morgan fingerprint density at radius 1 is 1.29 bits per heavy atom. The number of aromatic nitrogens is 4. The molecule has 0 unspecified atom stereocenters. The van der Waals surface area contributed by atoms with Crippen molar-refractivity contribution >= 4 is 11.8 Å². The molecule has 0 spiro atoms. The van der Waals surface area contributed by atoms with E-state index in [9.17, 15) is 4.79 Å². The predicted molar refractivity (Wildman–Crippen MR) is 89.6 cm³/mol. The average Bonchev–Trinajstić information content (AvgIpc) is 2.62. The predicted octanol–water partition coefficient (Wildman–Crippen LogP) is 2.19. The molecule has 24 heavy (non-hydrogen) atoms. The molecular formula is C17H21N5O2. The number of carboxylic acids is 1. The Morgan fingerprint density at radius 3 is 2.71 bits per heavy atom. The Kier molecular flexibility index (Phi) is 4.98. The number of piperidine rings is 1. The Morgan fingerprint density at radius 2 is 2.08 bits per heavy atom. The Balaban J connectivity index is 1.87. The summed E-state index contributed by atoms with van der Waals surface area (Å²) in [6.45, 7) is 3.50. The van der Waals surface area contributed by atoms with E-state index in [0.29, 0.717) is 37.4 Å². The van der Waals surface area contributed by atoms with Crippen LogP contribution in [0.1, 0.15) is 31.9 Å². The van der Waals surface area contributed by atoms with Crippen molar-refractivity contribution < 1.29 is 9.90 Å². The lowest BCUT2D eigenvalue weighted by molar-refractivity contribution is -0.142. The molecule has 1 N–H and O–H groups in total. The number of nitrogens with zero attached hydrogens (tertiary/aromatic N) is 5. The van der Waals surface area contributed by atoms with E-state index in [1.54, 1.807) is 18.6 Å². The largest absolute Gasteiger partial charge is 0.481 e. The third-order valence-corrected chi connectivity index (χ3v) is 4.23. The minimum atomic E-state index is -0.704. The average molecular weight is 327 g/mol. The summed E-state index contributed by atoms with van der Waals surface area (Å²) in [7, 11) is 0. The molecule has 7 nitrogen and oxygen atoms in total. The van der Waals surface area contributed by atoms with Gasteiger partial charge in [0.05, 0.1) is 12.1 Å². The third-order valence-electron chi connectivity index (χ3n) is 4.23. The summed E-state index contributed by atoms with van der Waals surface area (Å²) in [5, 5.41) is 9.14. The van der Waals surface area contributed by atoms with Gasteiger partial charge in [0.25, 0.3) is 0 Å². The molecular weight excluding hydrogens is 306 g/mol. The van der Waals surface area contributed by atoms with Crippen LogP contribution in [0, 0.1) is 5.92 Å². The van der Waals surface area contributed by atoms with Gasteiger partial charge in [0.15, 0.2) is 5.82 Å². The van der Waals surface area contributed by atoms with Crippen molar-refractivity contribution in [1.29, 1.82) is 0 Å². The topological polar surface area (TPSA) is 92.1 Å². The standard InChI is InChI=1S/C17H21N5O2/c1-2-3-13-10-15(22-8-4-12(5-9-22)17(23)24)21-16(20-13)14-11-18-6-7-19-14/h6-7,10-12H,2-5,8-9H2,1H3,(H,23,24). The van der Waals surface area contributed by atoms with Crippen LogP contribution in [0.5, 0.6) is 0 Å². The van der Waals surface area contributed by atoms with E-state index in [2.05, 4.69) is 31.8 Å². The number of rotatable bonds is 5. The van der Waals surface area contributed by atoms with Gasteiger partial charge in [0, 0.05) is 37.2 Å². The van der Waals surface area contributed by atoms with Crippen LogP contribution in [0.2, 0.25) is 0 Å². The van der Waals surface area contributed by atoms with Crippen molar-refractivity contribution in [2.45, 2.75) is 32.6 Å². The Labute approximate surface area is 140 Å². The summed E-state index contributed by atoms with van der Waals surface area (Å²) in [5.74, 6) is 0.462. The maximum atomic E-state index is 11.1. The monoisotopic (exact) mass is 327 g/mol. The summed E-state index contributed by atoms with van der Waals surface area (Å²) >= 11 is 0. The van der Waals surface area contributed by atoms with Crippen LogP contribution < -0.4 is 4.90 Å². The van der Waals surface area contributed by atoms with Crippen LogP contribution in [0.25, 0.3) is 11.5 Å². The fourth-order valence-corrected chi connectivity index (χ4v) is 2.91. The highest BCUT2D eigenvalue weighted by molar-refractivity contribution is 5.70. The second kappa shape index (κ2) is 7.33. The van der Waals surface area contributed by atoms with E-state index in [4.69, 9.17) is 5.11 Å². The van der Waals surface area contributed by atoms with Crippen LogP contribution in [0.15, 0.2) is 24.7 Å². The quantitative estimate of drug-likeness (QED) is 0.899. The summed E-state index contributed by atoms with van der Waals surface area (Å²) in [6.07, 6.45) is 8.06. The normalized spacial score (nSPS) is 15.5. The minimum Gasteiger partial charge on any atom is -0.481 e. The number of hydrogen-bond acceptors (Lipinski definition) is 6. The molecule has 3 rings (SSSR count). The molecule has 2 aromatic heterocycles. The molecule has 7 heteroatoms. The van der Waals surface area contributed by atoms with Gasteiger partial charge in [0.2, 0.25) is 0 Å². The van der Waals surface area contributed by atoms with Crippen LogP contribution in [-0.2, 0) is 11.2 Å². The second-order valence-corrected chi connectivity index (χ2v) is 5.98. The first-order valence-corrected chi connectivity index (χ1v) is 8.29. The van der Waals surface area contributed by atoms with Crippen LogP contribution in [0.3, 0.4) is 0 Å². The fraction of sp³-hybridized carbons (Fsp3) is 0.471. The zero-order valence-electron chi connectivity index (χ0n) is 13.7. The van der Waals surface area contributed by atoms with Gasteiger partial charge in [0.1, 0.15) is 11.5 Å². The lowest BCUT2D eigenvalue weighted by atomic mass is 9.97. The van der Waals surface area contributed by atoms with E-state index >= 15 is 0 Å². The minimum absolute atomic E-state index is 0.252. The van der Waals surface area contributed by atoms with E-state index in [1.165, 1.54) is 0 Å². The van der Waals surface area contributed by atoms with E-state index in [0.717, 1.165) is 24.4 Å². The number of hydrogen-bond donors (Lipinski definition) is 1. The van der Waals surface area contributed by atoms with Gasteiger partial charge in [-0.15, -0.1) is 0 Å². The molecule has 1 saturated heterocycles. The highest BCUT2D eigenvalue weighted by atomic mass is 16.4. The molecule has 0 radical (unpaired) electrons. The van der Waals surface area contributed by atoms with Gasteiger partial charge in [-0.1, -0.05) is 13.3 Å². The highest BCUT2D eigenvalue weighted by Gasteiger charge is 2.25. The molecule has 1 fully saturated rings. The summed E-state index contributed by atoms with van der Waals surface area (Å²) < 4.78 is 0. The fourth-order valence-electron chi connectivity index (χ4n) is 2.91. The van der Waals surface area contributed by atoms with Gasteiger partial charge < -0.3 is 10.0 Å². The maximum absolute atomic E-state index is 11.1. The first-order chi connectivity index (χ1) is 11.7. The number of carboxylic acid groups (broad SMARTS) is 1. The highest BCUT2D eigenvalue weighted by Crippen LogP contribution is 2.24. The van der Waals surface area contributed by atoms with Gasteiger partial charge in [-0.05, 0) is 19.3 Å². The number of aliphatic carboxylic acids is 1. The molecule has 0 atom stereocenters. The molecule has 0 saturated carbocycles. The molecule has 2 aromatic rings. The van der Waals surface area contributed by atoms with Gasteiger partial charge in [-0.25, -0.2) is 15.0 Å². The molecule has 0 bridgehead atoms. The van der Waals surface area contributed by atoms with Crippen LogP contribution in [-0.4, -0.2) is 44.1 Å². The number of anilines is 1. The summed E-state index contributed by atoms with van der Waals surface area (Å²) in [5.41, 5.74) is 1.63. The zero-order valence-corrected chi connectivity index (χ0v) is 13.7. The van der Waals surface area contributed by atoms with Gasteiger partial charge in [-0.2, -0.15) is 0 Å². The van der Waals surface area contributed by atoms with Crippen LogP contribution in [0.4, 0.5) is 5.82 Å². The van der Waals surface area contributed by atoms with Gasteiger partial charge >= 0.3 is 5.97 Å². The van der Waals surface area contributed by atoms with Crippen molar-refractivity contribution in [3.05, 3.63) is 30.4 Å². The molecule has 0 aromatic carbocycles. The molecule has 0 aliphatic carbocycles. The molecule has 1 aliphatic rings. The number of aryl methyl sites for hydroxylation is 1. The van der Waals surface area contributed by atoms with E-state index in [1.807, 2.05) is 6.07 Å². The van der Waals surface area contributed by atoms with Crippen molar-refractivity contribution in [2.75, 3.05) is 18.0 Å². The SMILES string of the molecule is CCCc1cc(N2CCC(C(=O)O)CC2)nc(-c2cnccn2)n1. The first-order valence-electron chi connectivity index (χ1n) is 8.29. The van der Waals surface area contributed by atoms with Crippen molar-refractivity contribution in [3.63, 3.8) is 0 Å². The van der Waals surface area contributed by atoms with Gasteiger partial charge in [-0.3, -0.25) is 9.78 Å². The second-order valence-electron chi connectivity index (χ2n) is 5.98. The lowest BCUT2D eigenvalue weighted by Crippen LogP contribution is -2.37. The number of carbonyl (C=O) groups is 1. The smallest absolute Gasteiger partial charge is 0.306 e. The molecule has 1 aliphatic heterocycles. The maximum Gasteiger partial charge on any atom is 0.306 e. The third kappa shape index (κ3) is 3.67. The lowest BCUT2D eigenvalue weighted by Gasteiger charge is -2.31. The Hall–Kier alpha value is -2.57. The zero-order chi connectivity index (χ0) is 16.9. The molecule has 0 amide bonds. The van der Waals surface area contributed by atoms with Crippen molar-refractivity contribution in [1.82, 2.24) is 19.9 Å². The van der Waals surface area contributed by atoms with Crippen molar-refractivity contribution in [2.24, 2.45) is 5.92 Å².